The van der Waals surface area contributed by atoms with Crippen molar-refractivity contribution in [3.8, 4) is 0 Å². The van der Waals surface area contributed by atoms with Gasteiger partial charge in [0.05, 0.1) is 19.1 Å². The van der Waals surface area contributed by atoms with Gasteiger partial charge < -0.3 is 21.6 Å². The SMILES string of the molecule is CC(=O)OCC[N+]12CCCCC1CC(C)C2.[Cl-]. The fourth-order valence-electron chi connectivity index (χ4n) is 3.76. The van der Waals surface area contributed by atoms with Crippen molar-refractivity contribution in [1.82, 2.24) is 0 Å². The van der Waals surface area contributed by atoms with Crippen LogP contribution in [0.4, 0.5) is 0 Å². The maximum Gasteiger partial charge on any atom is 0.302 e. The highest BCUT2D eigenvalue weighted by Crippen LogP contribution is 2.37. The number of carbonyl (C=O) groups excluding carboxylic acids is 1. The van der Waals surface area contributed by atoms with Gasteiger partial charge in [-0.25, -0.2) is 0 Å². The Labute approximate surface area is 111 Å². The lowest BCUT2D eigenvalue weighted by Gasteiger charge is -2.43. The fraction of sp³-hybridized carbons (Fsp3) is 0.923. The van der Waals surface area contributed by atoms with E-state index in [1.807, 2.05) is 0 Å². The number of carbonyl (C=O) groups is 1. The van der Waals surface area contributed by atoms with Crippen LogP contribution in [-0.4, -0.2) is 42.7 Å². The molecule has 0 radical (unpaired) electrons. The highest BCUT2D eigenvalue weighted by Gasteiger charge is 2.46. The van der Waals surface area contributed by atoms with Gasteiger partial charge in [-0.15, -0.1) is 0 Å². The van der Waals surface area contributed by atoms with Crippen LogP contribution < -0.4 is 12.4 Å². The van der Waals surface area contributed by atoms with Gasteiger partial charge in [-0.3, -0.25) is 4.79 Å². The summed E-state index contributed by atoms with van der Waals surface area (Å²) >= 11 is 0. The van der Waals surface area contributed by atoms with E-state index < -0.39 is 0 Å². The predicted octanol–water partition coefficient (Wildman–Crippen LogP) is -1.04. The molecule has 2 saturated heterocycles. The van der Waals surface area contributed by atoms with E-state index in [1.165, 1.54) is 50.2 Å². The van der Waals surface area contributed by atoms with E-state index in [1.54, 1.807) is 0 Å². The second kappa shape index (κ2) is 6.05. The van der Waals surface area contributed by atoms with Crippen molar-refractivity contribution in [2.24, 2.45) is 5.92 Å². The molecule has 2 heterocycles. The molecule has 0 saturated carbocycles. The van der Waals surface area contributed by atoms with Crippen LogP contribution in [-0.2, 0) is 9.53 Å². The number of hydrogen-bond acceptors (Lipinski definition) is 2. The zero-order valence-corrected chi connectivity index (χ0v) is 11.7. The minimum absolute atomic E-state index is 0. The Kier molecular flexibility index (Phi) is 5.26. The Hall–Kier alpha value is -0.280. The average Bonchev–Trinajstić information content (AvgIpc) is 2.53. The van der Waals surface area contributed by atoms with E-state index in [4.69, 9.17) is 4.74 Å². The summed E-state index contributed by atoms with van der Waals surface area (Å²) in [5.41, 5.74) is 0. The summed E-state index contributed by atoms with van der Waals surface area (Å²) < 4.78 is 6.36. The maximum atomic E-state index is 10.8. The van der Waals surface area contributed by atoms with Crippen molar-refractivity contribution < 1.29 is 26.4 Å². The first kappa shape index (κ1) is 14.8. The molecule has 100 valence electrons. The quantitative estimate of drug-likeness (QED) is 0.479. The lowest BCUT2D eigenvalue weighted by Crippen LogP contribution is -3.00. The first-order valence-electron chi connectivity index (χ1n) is 6.61. The van der Waals surface area contributed by atoms with Gasteiger partial charge >= 0.3 is 5.97 Å². The third-order valence-corrected chi connectivity index (χ3v) is 4.36. The molecule has 0 N–H and O–H groups in total. The van der Waals surface area contributed by atoms with Crippen molar-refractivity contribution in [3.63, 3.8) is 0 Å². The van der Waals surface area contributed by atoms with Gasteiger partial charge in [0.15, 0.2) is 0 Å². The summed E-state index contributed by atoms with van der Waals surface area (Å²) in [6.07, 6.45) is 5.50. The van der Waals surface area contributed by atoms with Gasteiger partial charge in [0.25, 0.3) is 0 Å². The van der Waals surface area contributed by atoms with Crippen LogP contribution in [0.2, 0.25) is 0 Å². The van der Waals surface area contributed by atoms with Crippen LogP contribution in [0.3, 0.4) is 0 Å². The number of piperidine rings is 1. The second-order valence-corrected chi connectivity index (χ2v) is 5.68. The normalized spacial score (nSPS) is 35.9. The molecular formula is C13H24ClNO2. The molecule has 2 aliphatic heterocycles. The lowest BCUT2D eigenvalue weighted by atomic mass is 9.98. The molecule has 17 heavy (non-hydrogen) atoms. The topological polar surface area (TPSA) is 26.3 Å². The summed E-state index contributed by atoms with van der Waals surface area (Å²) in [6.45, 7) is 8.11. The number of halogens is 1. The zero-order valence-electron chi connectivity index (χ0n) is 11.0. The van der Waals surface area contributed by atoms with Crippen LogP contribution in [0.15, 0.2) is 0 Å². The standard InChI is InChI=1S/C13H24NO2.ClH/c1-11-9-13-5-3-4-6-14(13,10-11)7-8-16-12(2)15;/h11,13H,3-10H2,1-2H3;1H/q+1;/p-1. The number of fused-ring (bicyclic) bond motifs is 1. The second-order valence-electron chi connectivity index (χ2n) is 5.68. The van der Waals surface area contributed by atoms with E-state index in [2.05, 4.69) is 6.92 Å². The first-order chi connectivity index (χ1) is 7.62. The molecule has 3 atom stereocenters. The molecule has 0 aromatic heterocycles. The van der Waals surface area contributed by atoms with Gasteiger partial charge in [0.1, 0.15) is 13.2 Å². The van der Waals surface area contributed by atoms with Crippen molar-refractivity contribution >= 4 is 5.97 Å². The molecule has 2 rings (SSSR count). The maximum absolute atomic E-state index is 10.8. The van der Waals surface area contributed by atoms with Crippen molar-refractivity contribution in [2.75, 3.05) is 26.2 Å². The molecular weight excluding hydrogens is 238 g/mol. The zero-order chi connectivity index (χ0) is 11.6. The van der Waals surface area contributed by atoms with Crippen molar-refractivity contribution in [2.45, 2.75) is 45.6 Å². The van der Waals surface area contributed by atoms with E-state index in [0.717, 1.165) is 18.5 Å². The van der Waals surface area contributed by atoms with Crippen LogP contribution in [0, 0.1) is 5.92 Å². The van der Waals surface area contributed by atoms with E-state index in [-0.39, 0.29) is 18.4 Å². The van der Waals surface area contributed by atoms with E-state index >= 15 is 0 Å². The fourth-order valence-corrected chi connectivity index (χ4v) is 3.76. The number of rotatable bonds is 3. The van der Waals surface area contributed by atoms with Crippen LogP contribution >= 0.6 is 0 Å². The molecule has 4 heteroatoms. The predicted molar refractivity (Wildman–Crippen MR) is 62.9 cm³/mol. The van der Waals surface area contributed by atoms with Gasteiger partial charge in [-0.05, 0) is 19.3 Å². The Morgan fingerprint density at radius 1 is 1.41 bits per heavy atom. The summed E-state index contributed by atoms with van der Waals surface area (Å²) in [4.78, 5) is 10.8. The highest BCUT2D eigenvalue weighted by molar-refractivity contribution is 5.65. The molecule has 0 aromatic rings. The van der Waals surface area contributed by atoms with Crippen LogP contribution in [0.5, 0.6) is 0 Å². The molecule has 3 unspecified atom stereocenters. The number of nitrogens with zero attached hydrogens (tertiary/aromatic N) is 1. The summed E-state index contributed by atoms with van der Waals surface area (Å²) in [5.74, 6) is 0.708. The van der Waals surface area contributed by atoms with E-state index in [0.29, 0.717) is 6.61 Å². The minimum atomic E-state index is -0.140. The Morgan fingerprint density at radius 3 is 2.88 bits per heavy atom. The Balaban J connectivity index is 0.00000144. The van der Waals surface area contributed by atoms with Crippen molar-refractivity contribution in [3.05, 3.63) is 0 Å². The van der Waals surface area contributed by atoms with Crippen LogP contribution in [0.25, 0.3) is 0 Å². The van der Waals surface area contributed by atoms with Crippen LogP contribution in [0.1, 0.15) is 39.5 Å². The smallest absolute Gasteiger partial charge is 0.302 e. The third-order valence-electron chi connectivity index (χ3n) is 4.36. The van der Waals surface area contributed by atoms with Crippen molar-refractivity contribution in [1.29, 1.82) is 0 Å². The van der Waals surface area contributed by atoms with Gasteiger partial charge in [-0.2, -0.15) is 0 Å². The Morgan fingerprint density at radius 2 is 2.18 bits per heavy atom. The van der Waals surface area contributed by atoms with Gasteiger partial charge in [0, 0.05) is 19.3 Å². The average molecular weight is 262 g/mol. The van der Waals surface area contributed by atoms with Gasteiger partial charge in [0.2, 0.25) is 0 Å². The molecule has 2 fully saturated rings. The molecule has 0 aromatic carbocycles. The molecule has 0 aliphatic carbocycles. The molecule has 2 aliphatic rings. The molecule has 3 nitrogen and oxygen atoms in total. The highest BCUT2D eigenvalue weighted by atomic mass is 35.5. The number of esters is 1. The molecule has 0 amide bonds. The number of quaternary nitrogens is 1. The summed E-state index contributed by atoms with van der Waals surface area (Å²) in [6, 6.07) is 0.847. The van der Waals surface area contributed by atoms with Gasteiger partial charge in [-0.1, -0.05) is 6.92 Å². The largest absolute Gasteiger partial charge is 1.00 e. The molecule has 0 bridgehead atoms. The lowest BCUT2D eigenvalue weighted by molar-refractivity contribution is -0.945. The summed E-state index contributed by atoms with van der Waals surface area (Å²) in [5, 5.41) is 0. The summed E-state index contributed by atoms with van der Waals surface area (Å²) in [7, 11) is 0. The monoisotopic (exact) mass is 261 g/mol. The number of hydrogen-bond donors (Lipinski definition) is 0. The third kappa shape index (κ3) is 3.35. The Bertz CT molecular complexity index is 272. The van der Waals surface area contributed by atoms with E-state index in [9.17, 15) is 4.79 Å². The molecule has 0 spiro atoms. The first-order valence-corrected chi connectivity index (χ1v) is 6.61. The number of ether oxygens (including phenoxy) is 1. The minimum Gasteiger partial charge on any atom is -1.00 e.